The summed E-state index contributed by atoms with van der Waals surface area (Å²) in [5.41, 5.74) is 0.958. The van der Waals surface area contributed by atoms with Gasteiger partial charge in [-0.25, -0.2) is 0 Å². The van der Waals surface area contributed by atoms with Crippen molar-refractivity contribution >= 4 is 17.5 Å². The summed E-state index contributed by atoms with van der Waals surface area (Å²) >= 11 is 6.25. The number of ether oxygens (including phenoxy) is 1. The van der Waals surface area contributed by atoms with Crippen molar-refractivity contribution in [3.8, 4) is 0 Å². The second kappa shape index (κ2) is 6.99. The summed E-state index contributed by atoms with van der Waals surface area (Å²) in [6, 6.07) is 7.79. The average Bonchev–Trinajstić information content (AvgIpc) is 3.32. The molecule has 1 aromatic rings. The number of rotatable bonds is 5. The predicted octanol–water partition coefficient (Wildman–Crippen LogP) is 2.63. The Labute approximate surface area is 136 Å². The topological polar surface area (TPSA) is 41.6 Å². The fourth-order valence-corrected chi connectivity index (χ4v) is 3.09. The standard InChI is InChI=1S/C17H23ClN2O2/c1-12-11-22-16(14-4-2-3-5-15(14)18)10-20(12)17(21)9-19-8-13-6-7-13/h2-5,12-13,16,19H,6-11H2,1H3. The lowest BCUT2D eigenvalue weighted by Crippen LogP contribution is -2.51. The molecule has 2 unspecified atom stereocenters. The van der Waals surface area contributed by atoms with Gasteiger partial charge in [0.05, 0.1) is 25.7 Å². The van der Waals surface area contributed by atoms with E-state index < -0.39 is 0 Å². The van der Waals surface area contributed by atoms with E-state index >= 15 is 0 Å². The first-order chi connectivity index (χ1) is 10.6. The van der Waals surface area contributed by atoms with Crippen LogP contribution in [0.2, 0.25) is 5.02 Å². The molecule has 0 radical (unpaired) electrons. The minimum atomic E-state index is -0.141. The van der Waals surface area contributed by atoms with Crippen LogP contribution in [-0.2, 0) is 9.53 Å². The zero-order valence-electron chi connectivity index (χ0n) is 12.9. The first-order valence-corrected chi connectivity index (χ1v) is 8.39. The van der Waals surface area contributed by atoms with Crippen molar-refractivity contribution < 1.29 is 9.53 Å². The molecule has 1 N–H and O–H groups in total. The zero-order valence-corrected chi connectivity index (χ0v) is 13.7. The van der Waals surface area contributed by atoms with Crippen molar-refractivity contribution in [2.24, 2.45) is 5.92 Å². The van der Waals surface area contributed by atoms with E-state index in [0.29, 0.717) is 24.7 Å². The molecule has 1 aromatic carbocycles. The molecule has 1 saturated carbocycles. The van der Waals surface area contributed by atoms with Crippen molar-refractivity contribution in [1.29, 1.82) is 0 Å². The van der Waals surface area contributed by atoms with Gasteiger partial charge in [0.25, 0.3) is 0 Å². The Kier molecular flexibility index (Phi) is 5.01. The van der Waals surface area contributed by atoms with Gasteiger partial charge in [-0.1, -0.05) is 29.8 Å². The summed E-state index contributed by atoms with van der Waals surface area (Å²) in [5.74, 6) is 0.930. The van der Waals surface area contributed by atoms with Crippen LogP contribution < -0.4 is 5.32 Å². The van der Waals surface area contributed by atoms with Crippen molar-refractivity contribution in [3.63, 3.8) is 0 Å². The summed E-state index contributed by atoms with van der Waals surface area (Å²) in [4.78, 5) is 14.4. The van der Waals surface area contributed by atoms with Gasteiger partial charge in [0, 0.05) is 10.6 Å². The molecule has 1 amide bonds. The normalized spacial score (nSPS) is 25.3. The minimum absolute atomic E-state index is 0.106. The number of halogens is 1. The summed E-state index contributed by atoms with van der Waals surface area (Å²) in [6.45, 7) is 4.51. The second-order valence-corrected chi connectivity index (χ2v) is 6.72. The summed E-state index contributed by atoms with van der Waals surface area (Å²) in [5, 5.41) is 3.97. The van der Waals surface area contributed by atoms with E-state index in [4.69, 9.17) is 16.3 Å². The lowest BCUT2D eigenvalue weighted by Gasteiger charge is -2.38. The monoisotopic (exact) mass is 322 g/mol. The van der Waals surface area contributed by atoms with Crippen LogP contribution in [-0.4, -0.2) is 43.1 Å². The SMILES string of the molecule is CC1COC(c2ccccc2Cl)CN1C(=O)CNCC1CC1. The van der Waals surface area contributed by atoms with E-state index in [0.717, 1.165) is 18.0 Å². The molecule has 1 aliphatic heterocycles. The highest BCUT2D eigenvalue weighted by molar-refractivity contribution is 6.31. The Hall–Kier alpha value is -1.10. The largest absolute Gasteiger partial charge is 0.369 e. The Balaban J connectivity index is 1.60. The number of carbonyl (C=O) groups is 1. The second-order valence-electron chi connectivity index (χ2n) is 6.31. The molecule has 1 aliphatic carbocycles. The maximum Gasteiger partial charge on any atom is 0.236 e. The van der Waals surface area contributed by atoms with Crippen molar-refractivity contribution in [2.45, 2.75) is 31.9 Å². The molecule has 22 heavy (non-hydrogen) atoms. The van der Waals surface area contributed by atoms with Gasteiger partial charge in [0.2, 0.25) is 5.91 Å². The third kappa shape index (κ3) is 3.80. The number of hydrogen-bond donors (Lipinski definition) is 1. The molecule has 5 heteroatoms. The molecule has 2 fully saturated rings. The average molecular weight is 323 g/mol. The number of hydrogen-bond acceptors (Lipinski definition) is 3. The van der Waals surface area contributed by atoms with Crippen LogP contribution in [0.3, 0.4) is 0 Å². The number of carbonyl (C=O) groups excluding carboxylic acids is 1. The summed E-state index contributed by atoms with van der Waals surface area (Å²) in [7, 11) is 0. The van der Waals surface area contributed by atoms with Gasteiger partial charge < -0.3 is 15.0 Å². The van der Waals surface area contributed by atoms with Crippen LogP contribution in [0.4, 0.5) is 0 Å². The van der Waals surface area contributed by atoms with Gasteiger partial charge in [-0.2, -0.15) is 0 Å². The smallest absolute Gasteiger partial charge is 0.236 e. The van der Waals surface area contributed by atoms with Gasteiger partial charge >= 0.3 is 0 Å². The van der Waals surface area contributed by atoms with Crippen molar-refractivity contribution in [3.05, 3.63) is 34.9 Å². The van der Waals surface area contributed by atoms with Crippen molar-refractivity contribution in [2.75, 3.05) is 26.2 Å². The molecule has 1 saturated heterocycles. The molecule has 3 rings (SSSR count). The molecule has 1 heterocycles. The minimum Gasteiger partial charge on any atom is -0.369 e. The molecular weight excluding hydrogens is 300 g/mol. The summed E-state index contributed by atoms with van der Waals surface area (Å²) in [6.07, 6.45) is 2.45. The van der Waals surface area contributed by atoms with E-state index in [1.807, 2.05) is 36.1 Å². The maximum atomic E-state index is 12.4. The van der Waals surface area contributed by atoms with Crippen LogP contribution in [0.5, 0.6) is 0 Å². The third-order valence-corrected chi connectivity index (χ3v) is 4.76. The fourth-order valence-electron chi connectivity index (χ4n) is 2.84. The zero-order chi connectivity index (χ0) is 15.5. The molecule has 4 nitrogen and oxygen atoms in total. The Bertz CT molecular complexity index is 533. The Morgan fingerprint density at radius 3 is 2.91 bits per heavy atom. The third-order valence-electron chi connectivity index (χ3n) is 4.41. The highest BCUT2D eigenvalue weighted by Crippen LogP contribution is 2.30. The lowest BCUT2D eigenvalue weighted by atomic mass is 10.1. The fraction of sp³-hybridized carbons (Fsp3) is 0.588. The maximum absolute atomic E-state index is 12.4. The number of amides is 1. The van der Waals surface area contributed by atoms with Crippen LogP contribution in [0.25, 0.3) is 0 Å². The molecule has 2 aliphatic rings. The first-order valence-electron chi connectivity index (χ1n) is 8.01. The van der Waals surface area contributed by atoms with Gasteiger partial charge in [0.1, 0.15) is 6.10 Å². The van der Waals surface area contributed by atoms with E-state index in [1.165, 1.54) is 12.8 Å². The van der Waals surface area contributed by atoms with Crippen LogP contribution in [0.15, 0.2) is 24.3 Å². The first kappa shape index (κ1) is 15.8. The predicted molar refractivity (Wildman–Crippen MR) is 86.9 cm³/mol. The van der Waals surface area contributed by atoms with Crippen molar-refractivity contribution in [1.82, 2.24) is 10.2 Å². The summed E-state index contributed by atoms with van der Waals surface area (Å²) < 4.78 is 5.89. The number of morpholine rings is 1. The van der Waals surface area contributed by atoms with E-state index in [-0.39, 0.29) is 18.1 Å². The molecule has 120 valence electrons. The Morgan fingerprint density at radius 1 is 1.41 bits per heavy atom. The quantitative estimate of drug-likeness (QED) is 0.906. The van der Waals surface area contributed by atoms with Crippen LogP contribution >= 0.6 is 11.6 Å². The van der Waals surface area contributed by atoms with Gasteiger partial charge in [0.15, 0.2) is 0 Å². The van der Waals surface area contributed by atoms with Gasteiger partial charge in [-0.3, -0.25) is 4.79 Å². The van der Waals surface area contributed by atoms with Crippen LogP contribution in [0, 0.1) is 5.92 Å². The highest BCUT2D eigenvalue weighted by Gasteiger charge is 2.31. The number of nitrogens with one attached hydrogen (secondary N) is 1. The van der Waals surface area contributed by atoms with Gasteiger partial charge in [-0.15, -0.1) is 0 Å². The van der Waals surface area contributed by atoms with E-state index in [1.54, 1.807) is 0 Å². The molecule has 0 aromatic heterocycles. The molecule has 0 spiro atoms. The molecule has 0 bridgehead atoms. The van der Waals surface area contributed by atoms with Gasteiger partial charge in [-0.05, 0) is 38.3 Å². The molecule has 2 atom stereocenters. The van der Waals surface area contributed by atoms with E-state index in [9.17, 15) is 4.79 Å². The number of benzene rings is 1. The van der Waals surface area contributed by atoms with E-state index in [2.05, 4.69) is 5.32 Å². The highest BCUT2D eigenvalue weighted by atomic mass is 35.5. The van der Waals surface area contributed by atoms with Crippen LogP contribution in [0.1, 0.15) is 31.4 Å². The molecular formula is C17H23ClN2O2. The Morgan fingerprint density at radius 2 is 2.18 bits per heavy atom. The lowest BCUT2D eigenvalue weighted by molar-refractivity contribution is -0.143. The number of nitrogens with zero attached hydrogens (tertiary/aromatic N) is 1.